The van der Waals surface area contributed by atoms with Crippen molar-refractivity contribution in [3.63, 3.8) is 0 Å². The monoisotopic (exact) mass is 432 g/mol. The van der Waals surface area contributed by atoms with Crippen LogP contribution in [0.4, 0.5) is 0 Å². The molecule has 0 radical (unpaired) electrons. The van der Waals surface area contributed by atoms with Crippen molar-refractivity contribution in [3.8, 4) is 11.5 Å². The van der Waals surface area contributed by atoms with Gasteiger partial charge in [0.2, 0.25) is 0 Å². The summed E-state index contributed by atoms with van der Waals surface area (Å²) in [5.41, 5.74) is 5.55. The van der Waals surface area contributed by atoms with E-state index in [1.807, 2.05) is 13.0 Å². The fraction of sp³-hybridized carbons (Fsp3) is 0.160. The quantitative estimate of drug-likeness (QED) is 0.419. The van der Waals surface area contributed by atoms with Crippen LogP contribution >= 0.6 is 0 Å². The van der Waals surface area contributed by atoms with Gasteiger partial charge in [0.15, 0.2) is 11.9 Å². The van der Waals surface area contributed by atoms with Crippen LogP contribution in [0.3, 0.4) is 0 Å². The lowest BCUT2D eigenvalue weighted by Crippen LogP contribution is -2.47. The first-order valence-corrected chi connectivity index (χ1v) is 10.2. The number of nitrogens with one attached hydrogen (secondary N) is 2. The summed E-state index contributed by atoms with van der Waals surface area (Å²) >= 11 is 0. The van der Waals surface area contributed by atoms with Crippen LogP contribution in [-0.4, -0.2) is 30.3 Å². The predicted molar refractivity (Wildman–Crippen MR) is 120 cm³/mol. The third-order valence-corrected chi connectivity index (χ3v) is 4.57. The van der Waals surface area contributed by atoms with Crippen molar-refractivity contribution in [2.24, 2.45) is 0 Å². The summed E-state index contributed by atoms with van der Waals surface area (Å²) in [6.45, 7) is 4.00. The summed E-state index contributed by atoms with van der Waals surface area (Å²) < 4.78 is 11.0. The zero-order chi connectivity index (χ0) is 22.9. The molecule has 0 heterocycles. The summed E-state index contributed by atoms with van der Waals surface area (Å²) in [7, 11) is 0. The molecule has 32 heavy (non-hydrogen) atoms. The summed E-state index contributed by atoms with van der Waals surface area (Å²) in [5.74, 6) is -0.241. The van der Waals surface area contributed by atoms with Crippen molar-refractivity contribution in [1.82, 2.24) is 10.9 Å². The van der Waals surface area contributed by atoms with E-state index in [1.165, 1.54) is 6.07 Å². The first kappa shape index (κ1) is 22.6. The second-order valence-electron chi connectivity index (χ2n) is 6.85. The van der Waals surface area contributed by atoms with Gasteiger partial charge < -0.3 is 9.47 Å². The van der Waals surface area contributed by atoms with Gasteiger partial charge in [0.25, 0.3) is 11.8 Å². The van der Waals surface area contributed by atoms with Crippen molar-refractivity contribution in [1.29, 1.82) is 0 Å². The molecule has 0 bridgehead atoms. The Hall–Kier alpha value is -4.13. The van der Waals surface area contributed by atoms with Gasteiger partial charge in [-0.1, -0.05) is 48.5 Å². The van der Waals surface area contributed by atoms with Crippen LogP contribution in [0.5, 0.6) is 11.5 Å². The van der Waals surface area contributed by atoms with Crippen molar-refractivity contribution in [2.75, 3.05) is 6.61 Å². The third kappa shape index (κ3) is 5.72. The van der Waals surface area contributed by atoms with E-state index in [-0.39, 0.29) is 16.9 Å². The van der Waals surface area contributed by atoms with Gasteiger partial charge in [0.05, 0.1) is 12.2 Å². The number of benzene rings is 3. The Bertz CT molecular complexity index is 1080. The molecule has 0 aromatic heterocycles. The highest BCUT2D eigenvalue weighted by atomic mass is 16.5. The highest BCUT2D eigenvalue weighted by Crippen LogP contribution is 2.19. The van der Waals surface area contributed by atoms with Crippen LogP contribution in [-0.2, 0) is 4.79 Å². The van der Waals surface area contributed by atoms with E-state index in [0.717, 1.165) is 0 Å². The van der Waals surface area contributed by atoms with Crippen LogP contribution in [0, 0.1) is 0 Å². The van der Waals surface area contributed by atoms with Gasteiger partial charge in [-0.05, 0) is 44.2 Å². The number of hydrazine groups is 1. The van der Waals surface area contributed by atoms with E-state index in [1.54, 1.807) is 73.7 Å². The summed E-state index contributed by atoms with van der Waals surface area (Å²) in [6, 6.07) is 22.0. The number of amides is 2. The SMILES string of the molecule is CCOc1ccc(OC(C)C(=O)NNC(=O)c2ccccc2C(=O)c2ccccc2)cc1. The number of rotatable bonds is 8. The molecule has 0 aliphatic rings. The number of hydrogen-bond donors (Lipinski definition) is 2. The van der Waals surface area contributed by atoms with Crippen molar-refractivity contribution >= 4 is 17.6 Å². The molecule has 2 amide bonds. The minimum Gasteiger partial charge on any atom is -0.494 e. The number of carbonyl (C=O) groups is 3. The van der Waals surface area contributed by atoms with Crippen LogP contribution in [0.2, 0.25) is 0 Å². The molecular weight excluding hydrogens is 408 g/mol. The zero-order valence-corrected chi connectivity index (χ0v) is 17.8. The first-order valence-electron chi connectivity index (χ1n) is 10.2. The lowest BCUT2D eigenvalue weighted by molar-refractivity contribution is -0.128. The molecule has 3 rings (SSSR count). The summed E-state index contributed by atoms with van der Waals surface area (Å²) in [6.07, 6.45) is -0.866. The lowest BCUT2D eigenvalue weighted by atomic mass is 9.98. The molecule has 3 aromatic carbocycles. The van der Waals surface area contributed by atoms with E-state index in [4.69, 9.17) is 9.47 Å². The Morgan fingerprint density at radius 1 is 0.781 bits per heavy atom. The van der Waals surface area contributed by atoms with Gasteiger partial charge in [-0.3, -0.25) is 25.2 Å². The van der Waals surface area contributed by atoms with E-state index >= 15 is 0 Å². The minimum absolute atomic E-state index is 0.154. The number of hydrogen-bond acceptors (Lipinski definition) is 5. The number of ether oxygens (including phenoxy) is 2. The molecule has 2 N–H and O–H groups in total. The minimum atomic E-state index is -0.866. The normalized spacial score (nSPS) is 11.2. The number of ketones is 1. The standard InChI is InChI=1S/C25H24N2O5/c1-3-31-19-13-15-20(16-14-19)32-17(2)24(29)26-27-25(30)22-12-8-7-11-21(22)23(28)18-9-5-4-6-10-18/h4-17H,3H2,1-2H3,(H,26,29)(H,27,30). The van der Waals surface area contributed by atoms with Gasteiger partial charge in [0, 0.05) is 11.1 Å². The molecule has 0 saturated heterocycles. The average molecular weight is 432 g/mol. The Morgan fingerprint density at radius 3 is 2.03 bits per heavy atom. The van der Waals surface area contributed by atoms with Crippen molar-refractivity contribution in [2.45, 2.75) is 20.0 Å². The van der Waals surface area contributed by atoms with Crippen LogP contribution in [0.1, 0.15) is 40.1 Å². The molecular formula is C25H24N2O5. The molecule has 1 unspecified atom stereocenters. The Labute approximate surface area is 186 Å². The van der Waals surface area contributed by atoms with E-state index in [2.05, 4.69) is 10.9 Å². The molecule has 1 atom stereocenters. The van der Waals surface area contributed by atoms with Gasteiger partial charge >= 0.3 is 0 Å². The molecule has 3 aromatic rings. The van der Waals surface area contributed by atoms with Crippen LogP contribution in [0.25, 0.3) is 0 Å². The Morgan fingerprint density at radius 2 is 1.38 bits per heavy atom. The van der Waals surface area contributed by atoms with Gasteiger partial charge in [-0.15, -0.1) is 0 Å². The highest BCUT2D eigenvalue weighted by Gasteiger charge is 2.20. The second kappa shape index (κ2) is 10.8. The molecule has 0 aliphatic heterocycles. The van der Waals surface area contributed by atoms with Crippen LogP contribution in [0.15, 0.2) is 78.9 Å². The zero-order valence-electron chi connectivity index (χ0n) is 17.8. The fourth-order valence-electron chi connectivity index (χ4n) is 2.95. The maximum absolute atomic E-state index is 12.8. The second-order valence-corrected chi connectivity index (χ2v) is 6.85. The first-order chi connectivity index (χ1) is 15.5. The van der Waals surface area contributed by atoms with E-state index in [0.29, 0.717) is 23.7 Å². The Kier molecular flexibility index (Phi) is 7.59. The largest absolute Gasteiger partial charge is 0.494 e. The van der Waals surface area contributed by atoms with Gasteiger partial charge in [-0.25, -0.2) is 0 Å². The number of carbonyl (C=O) groups excluding carboxylic acids is 3. The average Bonchev–Trinajstić information content (AvgIpc) is 2.83. The highest BCUT2D eigenvalue weighted by molar-refractivity contribution is 6.15. The molecule has 0 spiro atoms. The predicted octanol–water partition coefficient (Wildman–Crippen LogP) is 3.54. The fourth-order valence-corrected chi connectivity index (χ4v) is 2.95. The van der Waals surface area contributed by atoms with E-state index < -0.39 is 17.9 Å². The maximum Gasteiger partial charge on any atom is 0.279 e. The third-order valence-electron chi connectivity index (χ3n) is 4.57. The van der Waals surface area contributed by atoms with Gasteiger partial charge in [-0.2, -0.15) is 0 Å². The topological polar surface area (TPSA) is 93.7 Å². The lowest BCUT2D eigenvalue weighted by Gasteiger charge is -2.16. The molecule has 7 nitrogen and oxygen atoms in total. The Balaban J connectivity index is 1.60. The molecule has 0 fully saturated rings. The smallest absolute Gasteiger partial charge is 0.279 e. The summed E-state index contributed by atoms with van der Waals surface area (Å²) in [4.78, 5) is 37.8. The van der Waals surface area contributed by atoms with Crippen molar-refractivity contribution in [3.05, 3.63) is 95.6 Å². The molecule has 164 valence electrons. The van der Waals surface area contributed by atoms with Crippen molar-refractivity contribution < 1.29 is 23.9 Å². The molecule has 0 aliphatic carbocycles. The molecule has 0 saturated carbocycles. The maximum atomic E-state index is 12.8. The van der Waals surface area contributed by atoms with E-state index in [9.17, 15) is 14.4 Å². The van der Waals surface area contributed by atoms with Gasteiger partial charge in [0.1, 0.15) is 11.5 Å². The summed E-state index contributed by atoms with van der Waals surface area (Å²) in [5, 5.41) is 0. The molecule has 7 heteroatoms. The van der Waals surface area contributed by atoms with Crippen LogP contribution < -0.4 is 20.3 Å².